The number of rotatable bonds is 4. The van der Waals surface area contributed by atoms with Crippen molar-refractivity contribution in [3.05, 3.63) is 16.1 Å². The molecular weight excluding hydrogens is 316 g/mol. The first kappa shape index (κ1) is 15.9. The molecule has 0 spiro atoms. The number of nitrogens with one attached hydrogen (secondary N) is 1. The van der Waals surface area contributed by atoms with Crippen molar-refractivity contribution in [3.63, 3.8) is 0 Å². The molecule has 1 aromatic rings. The molecule has 8 heteroatoms. The van der Waals surface area contributed by atoms with E-state index in [1.165, 1.54) is 0 Å². The summed E-state index contributed by atoms with van der Waals surface area (Å²) in [6.07, 6.45) is 2.85. The largest absolute Gasteiger partial charge is 0.340 e. The van der Waals surface area contributed by atoms with Gasteiger partial charge in [0, 0.05) is 24.4 Å². The molecule has 124 valence electrons. The third-order valence-electron chi connectivity index (χ3n) is 4.29. The van der Waals surface area contributed by atoms with Crippen LogP contribution in [0.1, 0.15) is 36.4 Å². The van der Waals surface area contributed by atoms with E-state index in [4.69, 9.17) is 0 Å². The minimum Gasteiger partial charge on any atom is -0.340 e. The number of hydrogen-bond donors (Lipinski definition) is 1. The second-order valence-corrected chi connectivity index (χ2v) is 6.74. The van der Waals surface area contributed by atoms with Gasteiger partial charge in [-0.1, -0.05) is 6.92 Å². The van der Waals surface area contributed by atoms with Gasteiger partial charge in [-0.15, -0.1) is 11.3 Å². The monoisotopic (exact) mass is 336 g/mol. The third-order valence-corrected chi connectivity index (χ3v) is 5.34. The second-order valence-electron chi connectivity index (χ2n) is 5.85. The molecule has 0 aromatic carbocycles. The Morgan fingerprint density at radius 1 is 1.48 bits per heavy atom. The van der Waals surface area contributed by atoms with E-state index in [1.54, 1.807) is 16.2 Å². The van der Waals surface area contributed by atoms with Crippen LogP contribution in [0.5, 0.6) is 0 Å². The number of urea groups is 1. The Morgan fingerprint density at radius 3 is 2.96 bits per heavy atom. The van der Waals surface area contributed by atoms with Crippen LogP contribution in [0.4, 0.5) is 4.79 Å². The highest BCUT2D eigenvalue weighted by Crippen LogP contribution is 2.29. The van der Waals surface area contributed by atoms with Crippen LogP contribution in [0.15, 0.2) is 5.38 Å². The lowest BCUT2D eigenvalue weighted by Crippen LogP contribution is -2.46. The molecule has 0 aliphatic carbocycles. The summed E-state index contributed by atoms with van der Waals surface area (Å²) >= 11 is 1.65. The van der Waals surface area contributed by atoms with Crippen molar-refractivity contribution < 1.29 is 14.4 Å². The van der Waals surface area contributed by atoms with E-state index in [0.29, 0.717) is 13.1 Å². The van der Waals surface area contributed by atoms with Crippen molar-refractivity contribution in [1.29, 1.82) is 0 Å². The smallest absolute Gasteiger partial charge is 0.325 e. The first-order valence-electron chi connectivity index (χ1n) is 7.88. The highest BCUT2D eigenvalue weighted by Gasteiger charge is 2.33. The normalized spacial score (nSPS) is 21.7. The predicted octanol–water partition coefficient (Wildman–Crippen LogP) is 0.963. The Morgan fingerprint density at radius 2 is 2.30 bits per heavy atom. The van der Waals surface area contributed by atoms with Crippen LogP contribution in [0.2, 0.25) is 0 Å². The molecular formula is C15H20N4O3S. The number of thiazole rings is 1. The van der Waals surface area contributed by atoms with Crippen molar-refractivity contribution in [2.45, 2.75) is 32.1 Å². The zero-order valence-electron chi connectivity index (χ0n) is 13.1. The van der Waals surface area contributed by atoms with E-state index in [0.717, 1.165) is 34.9 Å². The molecule has 0 radical (unpaired) electrons. The molecule has 1 N–H and O–H groups in total. The van der Waals surface area contributed by atoms with Crippen LogP contribution >= 0.6 is 11.3 Å². The minimum absolute atomic E-state index is 0.0202. The summed E-state index contributed by atoms with van der Waals surface area (Å²) in [6, 6.07) is -0.482. The molecule has 0 saturated carbocycles. The fourth-order valence-corrected chi connectivity index (χ4v) is 3.96. The fraction of sp³-hybridized carbons (Fsp3) is 0.600. The lowest BCUT2D eigenvalue weighted by atomic mass is 9.98. The molecule has 0 bridgehead atoms. The standard InChI is InChI=1S/C15H20N4O3S/c1-2-11-9-23-14(17-11)10-4-3-5-18(7-10)13(21)8-19-12(20)6-16-15(19)22/h9-10H,2-8H2,1H3,(H,16,22)/t10-/m1/s1. The maximum atomic E-state index is 12.4. The number of likely N-dealkylation sites (tertiary alicyclic amines) is 1. The summed E-state index contributed by atoms with van der Waals surface area (Å²) in [5, 5.41) is 5.58. The first-order chi connectivity index (χ1) is 11.1. The summed E-state index contributed by atoms with van der Waals surface area (Å²) in [6.45, 7) is 3.17. The van der Waals surface area contributed by atoms with Crippen molar-refractivity contribution in [3.8, 4) is 0 Å². The summed E-state index contributed by atoms with van der Waals surface area (Å²) < 4.78 is 0. The molecule has 0 unspecified atom stereocenters. The van der Waals surface area contributed by atoms with E-state index < -0.39 is 6.03 Å². The fourth-order valence-electron chi connectivity index (χ4n) is 2.93. The van der Waals surface area contributed by atoms with Gasteiger partial charge in [0.15, 0.2) is 0 Å². The molecule has 2 fully saturated rings. The van der Waals surface area contributed by atoms with Gasteiger partial charge in [0.1, 0.15) is 6.54 Å². The van der Waals surface area contributed by atoms with E-state index in [9.17, 15) is 14.4 Å². The van der Waals surface area contributed by atoms with Gasteiger partial charge in [0.2, 0.25) is 5.91 Å². The number of amides is 4. The summed E-state index contributed by atoms with van der Waals surface area (Å²) in [5.74, 6) is -0.266. The number of aryl methyl sites for hydroxylation is 1. The number of carbonyl (C=O) groups excluding carboxylic acids is 3. The molecule has 2 aliphatic rings. The zero-order valence-corrected chi connectivity index (χ0v) is 13.9. The lowest BCUT2D eigenvalue weighted by molar-refractivity contribution is -0.137. The topological polar surface area (TPSA) is 82.6 Å². The van der Waals surface area contributed by atoms with Crippen LogP contribution in [0.25, 0.3) is 0 Å². The first-order valence-corrected chi connectivity index (χ1v) is 8.76. The Kier molecular flexibility index (Phi) is 4.61. The summed E-state index contributed by atoms with van der Waals surface area (Å²) in [5.41, 5.74) is 1.09. The van der Waals surface area contributed by atoms with Crippen LogP contribution < -0.4 is 5.32 Å². The van der Waals surface area contributed by atoms with Gasteiger partial charge in [0.25, 0.3) is 5.91 Å². The molecule has 7 nitrogen and oxygen atoms in total. The van der Waals surface area contributed by atoms with Gasteiger partial charge in [-0.2, -0.15) is 0 Å². The average Bonchev–Trinajstić information content (AvgIpc) is 3.17. The molecule has 1 atom stereocenters. The molecule has 2 saturated heterocycles. The van der Waals surface area contributed by atoms with E-state index in [1.807, 2.05) is 0 Å². The summed E-state index contributed by atoms with van der Waals surface area (Å²) in [4.78, 5) is 42.9. The van der Waals surface area contributed by atoms with Crippen molar-refractivity contribution in [2.24, 2.45) is 0 Å². The zero-order chi connectivity index (χ0) is 16.4. The Bertz CT molecular complexity index is 614. The van der Waals surface area contributed by atoms with Crippen LogP contribution in [0.3, 0.4) is 0 Å². The number of nitrogens with zero attached hydrogens (tertiary/aromatic N) is 3. The molecule has 23 heavy (non-hydrogen) atoms. The molecule has 3 heterocycles. The lowest BCUT2D eigenvalue weighted by Gasteiger charge is -2.32. The van der Waals surface area contributed by atoms with Gasteiger partial charge in [-0.3, -0.25) is 14.5 Å². The number of hydrogen-bond acceptors (Lipinski definition) is 5. The quantitative estimate of drug-likeness (QED) is 0.831. The number of carbonyl (C=O) groups is 3. The van der Waals surface area contributed by atoms with E-state index >= 15 is 0 Å². The van der Waals surface area contributed by atoms with Crippen LogP contribution in [-0.2, 0) is 16.0 Å². The SMILES string of the molecule is CCc1csc([C@@H]2CCCN(C(=O)CN3C(=O)CNC3=O)C2)n1. The third kappa shape index (κ3) is 3.36. The van der Waals surface area contributed by atoms with Crippen molar-refractivity contribution >= 4 is 29.2 Å². The number of piperidine rings is 1. The van der Waals surface area contributed by atoms with Crippen molar-refractivity contribution in [1.82, 2.24) is 20.1 Å². The Labute approximate surface area is 138 Å². The van der Waals surface area contributed by atoms with E-state index in [2.05, 4.69) is 22.6 Å². The maximum absolute atomic E-state index is 12.4. The predicted molar refractivity (Wildman–Crippen MR) is 85.2 cm³/mol. The van der Waals surface area contributed by atoms with E-state index in [-0.39, 0.29) is 30.8 Å². The average molecular weight is 336 g/mol. The number of imide groups is 1. The Hall–Kier alpha value is -1.96. The summed E-state index contributed by atoms with van der Waals surface area (Å²) in [7, 11) is 0. The van der Waals surface area contributed by atoms with Gasteiger partial charge in [0.05, 0.1) is 17.2 Å². The highest BCUT2D eigenvalue weighted by molar-refractivity contribution is 7.09. The molecule has 2 aliphatic heterocycles. The van der Waals surface area contributed by atoms with Gasteiger partial charge < -0.3 is 10.2 Å². The highest BCUT2D eigenvalue weighted by atomic mass is 32.1. The Balaban J connectivity index is 1.62. The molecule has 4 amide bonds. The molecule has 1 aromatic heterocycles. The van der Waals surface area contributed by atoms with Crippen molar-refractivity contribution in [2.75, 3.05) is 26.2 Å². The van der Waals surface area contributed by atoms with Crippen LogP contribution in [-0.4, -0.2) is 58.8 Å². The van der Waals surface area contributed by atoms with Gasteiger partial charge in [-0.25, -0.2) is 9.78 Å². The molecule has 3 rings (SSSR count). The van der Waals surface area contributed by atoms with Crippen LogP contribution in [0, 0.1) is 0 Å². The van der Waals surface area contributed by atoms with Gasteiger partial charge in [-0.05, 0) is 19.3 Å². The number of aromatic nitrogens is 1. The maximum Gasteiger partial charge on any atom is 0.325 e. The minimum atomic E-state index is -0.482. The second kappa shape index (κ2) is 6.66. The van der Waals surface area contributed by atoms with Gasteiger partial charge >= 0.3 is 6.03 Å².